The molecule has 0 heterocycles. The highest BCUT2D eigenvalue weighted by molar-refractivity contribution is 6.31. The van der Waals surface area contributed by atoms with E-state index < -0.39 is 6.10 Å². The number of nitrogens with one attached hydrogen (secondary N) is 1. The van der Waals surface area contributed by atoms with Gasteiger partial charge in [0, 0.05) is 17.0 Å². The zero-order valence-corrected chi connectivity index (χ0v) is 14.0. The number of hydrogen-bond acceptors (Lipinski definition) is 2. The lowest BCUT2D eigenvalue weighted by Gasteiger charge is -2.18. The van der Waals surface area contributed by atoms with Gasteiger partial charge in [0.15, 0.2) is 6.10 Å². The highest BCUT2D eigenvalue weighted by Gasteiger charge is 2.19. The average Bonchev–Trinajstić information content (AvgIpc) is 2.40. The van der Waals surface area contributed by atoms with Crippen molar-refractivity contribution in [3.05, 3.63) is 28.3 Å². The van der Waals surface area contributed by atoms with Crippen LogP contribution in [-0.2, 0) is 4.79 Å². The quantitative estimate of drug-likeness (QED) is 0.678. The second-order valence-corrected chi connectivity index (χ2v) is 5.70. The lowest BCUT2D eigenvalue weighted by Crippen LogP contribution is -2.35. The molecule has 1 aromatic carbocycles. The molecule has 1 atom stereocenters. The molecule has 0 spiro atoms. The van der Waals surface area contributed by atoms with Gasteiger partial charge in [-0.25, -0.2) is 0 Å². The highest BCUT2D eigenvalue weighted by atomic mass is 35.5. The van der Waals surface area contributed by atoms with Gasteiger partial charge in [-0.3, -0.25) is 10.1 Å². The number of carbonyl (C=O) groups excluding carboxylic acids is 1. The first-order valence-corrected chi connectivity index (χ1v) is 7.46. The van der Waals surface area contributed by atoms with Crippen LogP contribution in [0.2, 0.25) is 5.02 Å². The summed E-state index contributed by atoms with van der Waals surface area (Å²) in [6.07, 6.45) is 0.00165. The van der Waals surface area contributed by atoms with Crippen molar-refractivity contribution in [3.8, 4) is 17.7 Å². The SMILES string of the molecule is CCC(Oc1cc(C)c(Cl)cc1C)C(=O)NC#CC(C)C. The second-order valence-electron chi connectivity index (χ2n) is 5.29. The maximum atomic E-state index is 12.1. The molecule has 0 fully saturated rings. The number of halogens is 1. The zero-order valence-electron chi connectivity index (χ0n) is 13.2. The van der Waals surface area contributed by atoms with Gasteiger partial charge in [0.25, 0.3) is 5.91 Å². The zero-order chi connectivity index (χ0) is 16.0. The first-order chi connectivity index (χ1) is 9.85. The number of carbonyl (C=O) groups is 1. The Kier molecular flexibility index (Phi) is 6.58. The van der Waals surface area contributed by atoms with Gasteiger partial charge in [-0.1, -0.05) is 38.3 Å². The summed E-state index contributed by atoms with van der Waals surface area (Å²) < 4.78 is 5.81. The van der Waals surface area contributed by atoms with Crippen molar-refractivity contribution in [3.63, 3.8) is 0 Å². The van der Waals surface area contributed by atoms with Gasteiger partial charge in [0.05, 0.1) is 0 Å². The molecule has 0 aromatic heterocycles. The fourth-order valence-electron chi connectivity index (χ4n) is 1.68. The van der Waals surface area contributed by atoms with Crippen molar-refractivity contribution in [1.29, 1.82) is 0 Å². The third kappa shape index (κ3) is 5.32. The molecule has 1 amide bonds. The molecular weight excluding hydrogens is 286 g/mol. The largest absolute Gasteiger partial charge is 0.480 e. The third-order valence-corrected chi connectivity index (χ3v) is 3.34. The van der Waals surface area contributed by atoms with Crippen LogP contribution in [0.15, 0.2) is 12.1 Å². The molecule has 1 rings (SSSR count). The molecule has 21 heavy (non-hydrogen) atoms. The summed E-state index contributed by atoms with van der Waals surface area (Å²) >= 11 is 6.06. The maximum absolute atomic E-state index is 12.1. The van der Waals surface area contributed by atoms with Crippen LogP contribution in [-0.4, -0.2) is 12.0 Å². The lowest BCUT2D eigenvalue weighted by molar-refractivity contribution is -0.126. The van der Waals surface area contributed by atoms with Gasteiger partial charge < -0.3 is 4.74 Å². The summed E-state index contributed by atoms with van der Waals surface area (Å²) in [5.41, 5.74) is 1.83. The molecule has 0 aliphatic carbocycles. The molecule has 0 bridgehead atoms. The molecule has 1 unspecified atom stereocenters. The van der Waals surface area contributed by atoms with E-state index in [2.05, 4.69) is 17.3 Å². The molecular formula is C17H22ClNO2. The second kappa shape index (κ2) is 7.95. The smallest absolute Gasteiger partial charge is 0.272 e. The van der Waals surface area contributed by atoms with Crippen LogP contribution in [0.3, 0.4) is 0 Å². The Morgan fingerprint density at radius 1 is 1.33 bits per heavy atom. The molecule has 1 aromatic rings. The lowest BCUT2D eigenvalue weighted by atomic mass is 10.1. The fraction of sp³-hybridized carbons (Fsp3) is 0.471. The number of amides is 1. The minimum absolute atomic E-state index is 0.215. The fourth-order valence-corrected chi connectivity index (χ4v) is 1.90. The number of ether oxygens (including phenoxy) is 1. The Hall–Kier alpha value is -1.66. The van der Waals surface area contributed by atoms with Gasteiger partial charge in [-0.05, 0) is 43.5 Å². The first kappa shape index (κ1) is 17.4. The number of aryl methyl sites for hydroxylation is 2. The van der Waals surface area contributed by atoms with E-state index in [0.717, 1.165) is 11.1 Å². The minimum Gasteiger partial charge on any atom is -0.480 e. The summed E-state index contributed by atoms with van der Waals surface area (Å²) in [6.45, 7) is 9.64. The average molecular weight is 308 g/mol. The van der Waals surface area contributed by atoms with Crippen molar-refractivity contribution in [1.82, 2.24) is 5.32 Å². The summed E-state index contributed by atoms with van der Waals surface area (Å²) in [5, 5.41) is 3.27. The summed E-state index contributed by atoms with van der Waals surface area (Å²) in [5.74, 6) is 3.56. The van der Waals surface area contributed by atoms with Gasteiger partial charge in [0.1, 0.15) is 5.75 Å². The van der Waals surface area contributed by atoms with Crippen LogP contribution in [0.25, 0.3) is 0 Å². The number of benzene rings is 1. The van der Waals surface area contributed by atoms with Crippen molar-refractivity contribution < 1.29 is 9.53 Å². The molecule has 0 saturated carbocycles. The first-order valence-electron chi connectivity index (χ1n) is 7.09. The van der Waals surface area contributed by atoms with Crippen LogP contribution in [0.4, 0.5) is 0 Å². The Morgan fingerprint density at radius 2 is 2.00 bits per heavy atom. The highest BCUT2D eigenvalue weighted by Crippen LogP contribution is 2.27. The molecule has 0 aliphatic heterocycles. The van der Waals surface area contributed by atoms with E-state index in [1.165, 1.54) is 0 Å². The standard InChI is InChI=1S/C17H22ClNO2/c1-6-15(17(20)19-8-7-11(2)3)21-16-10-12(4)14(18)9-13(16)5/h9-11,15H,6H2,1-5H3,(H,19,20). The Morgan fingerprint density at radius 3 is 2.57 bits per heavy atom. The summed E-state index contributed by atoms with van der Waals surface area (Å²) in [7, 11) is 0. The predicted molar refractivity (Wildman–Crippen MR) is 86.4 cm³/mol. The maximum Gasteiger partial charge on any atom is 0.272 e. The molecule has 0 radical (unpaired) electrons. The van der Waals surface area contributed by atoms with E-state index in [0.29, 0.717) is 17.2 Å². The summed E-state index contributed by atoms with van der Waals surface area (Å²) in [4.78, 5) is 12.1. The van der Waals surface area contributed by atoms with E-state index in [1.54, 1.807) is 0 Å². The van der Waals surface area contributed by atoms with Gasteiger partial charge in [-0.2, -0.15) is 0 Å². The minimum atomic E-state index is -0.564. The third-order valence-electron chi connectivity index (χ3n) is 2.94. The Labute approximate surface area is 132 Å². The van der Waals surface area contributed by atoms with Crippen LogP contribution < -0.4 is 10.1 Å². The molecule has 114 valence electrons. The molecule has 0 saturated heterocycles. The monoisotopic (exact) mass is 307 g/mol. The van der Waals surface area contributed by atoms with E-state index in [-0.39, 0.29) is 11.8 Å². The van der Waals surface area contributed by atoms with Crippen molar-refractivity contribution >= 4 is 17.5 Å². The van der Waals surface area contributed by atoms with Gasteiger partial charge in [0.2, 0.25) is 0 Å². The van der Waals surface area contributed by atoms with E-state index >= 15 is 0 Å². The Balaban J connectivity index is 2.81. The van der Waals surface area contributed by atoms with Crippen molar-refractivity contribution in [2.45, 2.75) is 47.1 Å². The van der Waals surface area contributed by atoms with Crippen molar-refractivity contribution in [2.75, 3.05) is 0 Å². The predicted octanol–water partition coefficient (Wildman–Crippen LogP) is 3.85. The van der Waals surface area contributed by atoms with Crippen LogP contribution in [0.1, 0.15) is 38.3 Å². The van der Waals surface area contributed by atoms with Crippen molar-refractivity contribution in [2.24, 2.45) is 5.92 Å². The van der Waals surface area contributed by atoms with Crippen LogP contribution >= 0.6 is 11.6 Å². The van der Waals surface area contributed by atoms with E-state index in [9.17, 15) is 4.79 Å². The number of hydrogen-bond donors (Lipinski definition) is 1. The van der Waals surface area contributed by atoms with Crippen LogP contribution in [0, 0.1) is 31.7 Å². The van der Waals surface area contributed by atoms with Crippen LogP contribution in [0.5, 0.6) is 5.75 Å². The molecule has 3 nitrogen and oxygen atoms in total. The normalized spacial score (nSPS) is 11.6. The molecule has 1 N–H and O–H groups in total. The summed E-state index contributed by atoms with van der Waals surface area (Å²) in [6, 6.07) is 6.37. The van der Waals surface area contributed by atoms with E-state index in [1.807, 2.05) is 46.8 Å². The van der Waals surface area contributed by atoms with E-state index in [4.69, 9.17) is 16.3 Å². The Bertz CT molecular complexity index is 570. The molecule has 4 heteroatoms. The topological polar surface area (TPSA) is 38.3 Å². The van der Waals surface area contributed by atoms with Gasteiger partial charge in [-0.15, -0.1) is 0 Å². The van der Waals surface area contributed by atoms with Gasteiger partial charge >= 0.3 is 0 Å². The number of rotatable bonds is 4. The molecule has 0 aliphatic rings.